The Morgan fingerprint density at radius 2 is 1.75 bits per heavy atom. The normalized spacial score (nSPS) is 10.8. The lowest BCUT2D eigenvalue weighted by atomic mass is 10.1. The topological polar surface area (TPSA) is 109 Å². The van der Waals surface area contributed by atoms with Gasteiger partial charge in [-0.1, -0.05) is 29.8 Å². The van der Waals surface area contributed by atoms with Crippen molar-refractivity contribution >= 4 is 39.9 Å². The molecule has 3 rings (SSSR count). The Bertz CT molecular complexity index is 1240. The minimum atomic E-state index is -0.827. The highest BCUT2D eigenvalue weighted by Gasteiger charge is 2.20. The second-order valence-electron chi connectivity index (χ2n) is 7.05. The van der Waals surface area contributed by atoms with Crippen LogP contribution in [0.3, 0.4) is 0 Å². The maximum Gasteiger partial charge on any atom is 0.359 e. The molecule has 0 saturated heterocycles. The molecule has 0 saturated carbocycles. The van der Waals surface area contributed by atoms with Gasteiger partial charge in [-0.2, -0.15) is 5.10 Å². The van der Waals surface area contributed by atoms with Crippen LogP contribution in [0.1, 0.15) is 30.4 Å². The zero-order chi connectivity index (χ0) is 23.4. The van der Waals surface area contributed by atoms with E-state index in [1.807, 2.05) is 0 Å². The molecule has 0 aliphatic heterocycles. The first-order valence-electron chi connectivity index (χ1n) is 9.66. The number of nitrogens with one attached hydrogen (secondary N) is 1. The number of hydrogen-bond donors (Lipinski definition) is 1. The number of amides is 1. The summed E-state index contributed by atoms with van der Waals surface area (Å²) >= 11 is 6.06. The van der Waals surface area contributed by atoms with Crippen LogP contribution in [0.5, 0.6) is 11.5 Å². The van der Waals surface area contributed by atoms with Crippen molar-refractivity contribution in [1.82, 2.24) is 9.78 Å². The monoisotopic (exact) mass is 459 g/mol. The molecule has 0 unspecified atom stereocenters. The zero-order valence-electron chi connectivity index (χ0n) is 18.0. The maximum absolute atomic E-state index is 12.7. The van der Waals surface area contributed by atoms with Crippen molar-refractivity contribution in [2.75, 3.05) is 26.1 Å². The van der Waals surface area contributed by atoms with E-state index in [-0.39, 0.29) is 17.3 Å². The molecule has 9 nitrogen and oxygen atoms in total. The number of benzene rings is 2. The molecular weight excluding hydrogens is 438 g/mol. The highest BCUT2D eigenvalue weighted by atomic mass is 35.5. The van der Waals surface area contributed by atoms with Gasteiger partial charge < -0.3 is 19.5 Å². The number of esters is 1. The Morgan fingerprint density at radius 1 is 1.09 bits per heavy atom. The number of aromatic nitrogens is 2. The van der Waals surface area contributed by atoms with E-state index in [9.17, 15) is 14.4 Å². The highest BCUT2D eigenvalue weighted by molar-refractivity contribution is 6.32. The first kappa shape index (κ1) is 23.1. The lowest BCUT2D eigenvalue weighted by molar-refractivity contribution is -0.119. The predicted molar refractivity (Wildman–Crippen MR) is 120 cm³/mol. The fourth-order valence-corrected chi connectivity index (χ4v) is 3.28. The largest absolute Gasteiger partial charge is 0.495 e. The molecule has 0 aliphatic carbocycles. The lowest BCUT2D eigenvalue weighted by Gasteiger charge is -2.14. The molecule has 168 valence electrons. The van der Waals surface area contributed by atoms with Gasteiger partial charge in [0.1, 0.15) is 11.5 Å². The summed E-state index contributed by atoms with van der Waals surface area (Å²) in [5.41, 5.74) is -0.0622. The Balaban J connectivity index is 1.81. The molecule has 1 heterocycles. The van der Waals surface area contributed by atoms with E-state index in [0.717, 1.165) is 0 Å². The second-order valence-corrected chi connectivity index (χ2v) is 7.46. The van der Waals surface area contributed by atoms with Crippen LogP contribution in [0.2, 0.25) is 5.02 Å². The first-order chi connectivity index (χ1) is 15.3. The van der Waals surface area contributed by atoms with E-state index in [1.54, 1.807) is 38.1 Å². The molecule has 0 spiro atoms. The molecule has 1 amide bonds. The van der Waals surface area contributed by atoms with Gasteiger partial charge in [0.25, 0.3) is 11.5 Å². The van der Waals surface area contributed by atoms with Crippen molar-refractivity contribution in [2.24, 2.45) is 0 Å². The number of nitrogens with zero attached hydrogens (tertiary/aromatic N) is 2. The van der Waals surface area contributed by atoms with Gasteiger partial charge in [-0.3, -0.25) is 9.59 Å². The van der Waals surface area contributed by atoms with Crippen LogP contribution in [0, 0.1) is 0 Å². The van der Waals surface area contributed by atoms with Crippen molar-refractivity contribution in [3.63, 3.8) is 0 Å². The molecule has 0 atom stereocenters. The third-order valence-electron chi connectivity index (χ3n) is 4.59. The molecule has 0 radical (unpaired) electrons. The summed E-state index contributed by atoms with van der Waals surface area (Å²) in [7, 11) is 2.86. The minimum Gasteiger partial charge on any atom is -0.495 e. The van der Waals surface area contributed by atoms with Crippen molar-refractivity contribution in [2.45, 2.75) is 19.9 Å². The summed E-state index contributed by atoms with van der Waals surface area (Å²) in [6.45, 7) is 2.97. The van der Waals surface area contributed by atoms with E-state index in [0.29, 0.717) is 33.0 Å². The molecule has 0 aliphatic rings. The minimum absolute atomic E-state index is 0.0487. The summed E-state index contributed by atoms with van der Waals surface area (Å²) in [5, 5.41) is 7.76. The van der Waals surface area contributed by atoms with Crippen LogP contribution in [-0.2, 0) is 9.53 Å². The third kappa shape index (κ3) is 4.67. The van der Waals surface area contributed by atoms with Gasteiger partial charge in [0, 0.05) is 17.5 Å². The van der Waals surface area contributed by atoms with E-state index < -0.39 is 18.5 Å². The number of ether oxygens (including phenoxy) is 3. The van der Waals surface area contributed by atoms with Crippen molar-refractivity contribution in [3.05, 3.63) is 57.5 Å². The lowest BCUT2D eigenvalue weighted by Crippen LogP contribution is -2.28. The van der Waals surface area contributed by atoms with Crippen LogP contribution in [0.4, 0.5) is 5.69 Å². The number of halogens is 1. The fourth-order valence-electron chi connectivity index (χ4n) is 3.05. The number of hydrogen-bond acceptors (Lipinski definition) is 7. The van der Waals surface area contributed by atoms with Gasteiger partial charge in [-0.05, 0) is 19.9 Å². The van der Waals surface area contributed by atoms with Gasteiger partial charge in [0.05, 0.1) is 36.4 Å². The summed E-state index contributed by atoms with van der Waals surface area (Å²) in [5.74, 6) is -0.785. The molecule has 0 bridgehead atoms. The summed E-state index contributed by atoms with van der Waals surface area (Å²) in [4.78, 5) is 37.7. The Kier molecular flexibility index (Phi) is 6.99. The molecule has 3 aromatic rings. The van der Waals surface area contributed by atoms with Crippen molar-refractivity contribution < 1.29 is 23.8 Å². The van der Waals surface area contributed by atoms with Crippen molar-refractivity contribution in [1.29, 1.82) is 0 Å². The third-order valence-corrected chi connectivity index (χ3v) is 4.89. The average Bonchev–Trinajstić information content (AvgIpc) is 2.78. The van der Waals surface area contributed by atoms with Crippen LogP contribution < -0.4 is 20.3 Å². The average molecular weight is 460 g/mol. The van der Waals surface area contributed by atoms with E-state index in [1.165, 1.54) is 31.0 Å². The molecule has 10 heteroatoms. The molecule has 2 aromatic carbocycles. The van der Waals surface area contributed by atoms with Gasteiger partial charge in [-0.15, -0.1) is 0 Å². The highest BCUT2D eigenvalue weighted by Crippen LogP contribution is 2.35. The summed E-state index contributed by atoms with van der Waals surface area (Å²) in [6.07, 6.45) is 0. The molecule has 32 heavy (non-hydrogen) atoms. The molecule has 1 aromatic heterocycles. The number of carbonyl (C=O) groups excluding carboxylic acids is 2. The predicted octanol–water partition coefficient (Wildman–Crippen LogP) is 3.44. The summed E-state index contributed by atoms with van der Waals surface area (Å²) < 4.78 is 16.7. The Morgan fingerprint density at radius 3 is 2.38 bits per heavy atom. The Labute approximate surface area is 188 Å². The number of rotatable bonds is 7. The maximum atomic E-state index is 12.7. The number of carbonyl (C=O) groups is 2. The second kappa shape index (κ2) is 9.69. The van der Waals surface area contributed by atoms with E-state index in [2.05, 4.69) is 10.4 Å². The zero-order valence-corrected chi connectivity index (χ0v) is 18.7. The number of methoxy groups -OCH3 is 2. The smallest absolute Gasteiger partial charge is 0.359 e. The van der Waals surface area contributed by atoms with Gasteiger partial charge in [-0.25, -0.2) is 9.48 Å². The standard InChI is InChI=1S/C22H22ClN3O6/c1-12(2)26-21(28)14-8-6-5-7-13(14)20(25-26)22(29)32-11-19(27)24-16-10-17(30-3)15(23)9-18(16)31-4/h5-10,12H,11H2,1-4H3,(H,24,27). The van der Waals surface area contributed by atoms with E-state index >= 15 is 0 Å². The van der Waals surface area contributed by atoms with Gasteiger partial charge in [0.15, 0.2) is 12.3 Å². The Hall–Kier alpha value is -3.59. The summed E-state index contributed by atoms with van der Waals surface area (Å²) in [6, 6.07) is 9.33. The molecule has 1 N–H and O–H groups in total. The number of fused-ring (bicyclic) bond motifs is 1. The molecular formula is C22H22ClN3O6. The van der Waals surface area contributed by atoms with Gasteiger partial charge >= 0.3 is 5.97 Å². The van der Waals surface area contributed by atoms with E-state index in [4.69, 9.17) is 25.8 Å². The first-order valence-corrected chi connectivity index (χ1v) is 10.0. The molecule has 0 fully saturated rings. The SMILES string of the molecule is COc1cc(NC(=O)COC(=O)c2nn(C(C)C)c(=O)c3ccccc23)c(OC)cc1Cl. The quantitative estimate of drug-likeness (QED) is 0.539. The van der Waals surface area contributed by atoms with Gasteiger partial charge in [0.2, 0.25) is 0 Å². The van der Waals surface area contributed by atoms with Crippen LogP contribution >= 0.6 is 11.6 Å². The van der Waals surface area contributed by atoms with Crippen LogP contribution in [-0.4, -0.2) is 42.5 Å². The number of anilines is 1. The van der Waals surface area contributed by atoms with Crippen LogP contribution in [0.25, 0.3) is 10.8 Å². The van der Waals surface area contributed by atoms with Crippen molar-refractivity contribution in [3.8, 4) is 11.5 Å². The fraction of sp³-hybridized carbons (Fsp3) is 0.273. The van der Waals surface area contributed by atoms with Crippen LogP contribution in [0.15, 0.2) is 41.2 Å².